The highest BCUT2D eigenvalue weighted by Crippen LogP contribution is 2.44. The molecule has 1 N–H and O–H groups in total. The van der Waals surface area contributed by atoms with Crippen molar-refractivity contribution in [1.82, 2.24) is 4.90 Å². The smallest absolute Gasteiger partial charge is 0.228 e. The first-order chi connectivity index (χ1) is 14.2. The maximum absolute atomic E-state index is 12.9. The Labute approximate surface area is 170 Å². The van der Waals surface area contributed by atoms with Gasteiger partial charge in [0.15, 0.2) is 0 Å². The zero-order chi connectivity index (χ0) is 20.2. The molecule has 29 heavy (non-hydrogen) atoms. The van der Waals surface area contributed by atoms with E-state index in [-0.39, 0.29) is 24.9 Å². The summed E-state index contributed by atoms with van der Waals surface area (Å²) in [6, 6.07) is 28.7. The fraction of sp³-hybridized carbons (Fsp3) is 0.200. The van der Waals surface area contributed by atoms with Crippen LogP contribution in [-0.4, -0.2) is 34.6 Å². The predicted molar refractivity (Wildman–Crippen MR) is 112 cm³/mol. The van der Waals surface area contributed by atoms with Gasteiger partial charge >= 0.3 is 0 Å². The molecule has 4 rings (SSSR count). The first kappa shape index (κ1) is 18.9. The van der Waals surface area contributed by atoms with Crippen LogP contribution in [0, 0.1) is 11.3 Å². The number of nitriles is 1. The largest absolute Gasteiger partial charge is 0.394 e. The molecule has 4 nitrogen and oxygen atoms in total. The Morgan fingerprint density at radius 3 is 2.21 bits per heavy atom. The van der Waals surface area contributed by atoms with E-state index in [1.165, 1.54) is 0 Å². The molecule has 4 heteroatoms. The Kier molecular flexibility index (Phi) is 5.41. The van der Waals surface area contributed by atoms with E-state index >= 15 is 0 Å². The van der Waals surface area contributed by atoms with Crippen molar-refractivity contribution >= 4 is 5.91 Å². The Bertz CT molecular complexity index is 1030. The minimum Gasteiger partial charge on any atom is -0.394 e. The summed E-state index contributed by atoms with van der Waals surface area (Å²) in [6.07, 6.45) is 0.225. The molecule has 1 saturated heterocycles. The number of hydrogen-bond acceptors (Lipinski definition) is 3. The van der Waals surface area contributed by atoms with E-state index in [0.29, 0.717) is 0 Å². The van der Waals surface area contributed by atoms with E-state index in [1.807, 2.05) is 84.9 Å². The molecule has 0 aliphatic carbocycles. The topological polar surface area (TPSA) is 64.3 Å². The van der Waals surface area contributed by atoms with E-state index in [0.717, 1.165) is 22.3 Å². The summed E-state index contributed by atoms with van der Waals surface area (Å²) in [5.74, 6) is -0.351. The van der Waals surface area contributed by atoms with Crippen LogP contribution in [0.2, 0.25) is 0 Å². The van der Waals surface area contributed by atoms with E-state index in [9.17, 15) is 15.2 Å². The first-order valence-electron chi connectivity index (χ1n) is 9.74. The molecule has 0 aromatic heterocycles. The molecule has 0 spiro atoms. The van der Waals surface area contributed by atoms with Crippen LogP contribution in [0.15, 0.2) is 84.9 Å². The van der Waals surface area contributed by atoms with Crippen molar-refractivity contribution in [2.45, 2.75) is 24.4 Å². The zero-order valence-corrected chi connectivity index (χ0v) is 16.0. The number of aliphatic hydroxyl groups excluding tert-OH is 1. The summed E-state index contributed by atoms with van der Waals surface area (Å²) in [7, 11) is 0. The quantitative estimate of drug-likeness (QED) is 0.730. The molecule has 3 aromatic carbocycles. The summed E-state index contributed by atoms with van der Waals surface area (Å²) in [5.41, 5.74) is 3.99. The first-order valence-corrected chi connectivity index (χ1v) is 9.74. The molecule has 1 fully saturated rings. The minimum absolute atomic E-state index is 0.129. The van der Waals surface area contributed by atoms with Crippen LogP contribution in [0.4, 0.5) is 0 Å². The van der Waals surface area contributed by atoms with Crippen LogP contribution in [0.3, 0.4) is 0 Å². The van der Waals surface area contributed by atoms with Crippen LogP contribution >= 0.6 is 0 Å². The second-order valence-corrected chi connectivity index (χ2v) is 7.27. The SMILES string of the molecule is N#C[C@@H]1[C@H](c2ccccc2-c2ccccc2)[C@H](CO)N1C(=O)Cc1ccccc1. The number of hydrogen-bond donors (Lipinski definition) is 1. The van der Waals surface area contributed by atoms with Gasteiger partial charge in [0.1, 0.15) is 6.04 Å². The van der Waals surface area contributed by atoms with Crippen LogP contribution in [-0.2, 0) is 11.2 Å². The number of carbonyl (C=O) groups is 1. The molecular weight excluding hydrogens is 360 g/mol. The normalized spacial score (nSPS) is 20.6. The molecule has 144 valence electrons. The number of benzene rings is 3. The van der Waals surface area contributed by atoms with Crippen molar-refractivity contribution in [1.29, 1.82) is 5.26 Å². The van der Waals surface area contributed by atoms with Gasteiger partial charge in [-0.25, -0.2) is 0 Å². The molecule has 0 unspecified atom stereocenters. The molecule has 1 aliphatic heterocycles. The van der Waals surface area contributed by atoms with Crippen molar-refractivity contribution in [3.8, 4) is 17.2 Å². The lowest BCUT2D eigenvalue weighted by atomic mass is 9.73. The van der Waals surface area contributed by atoms with E-state index in [1.54, 1.807) is 4.90 Å². The monoisotopic (exact) mass is 382 g/mol. The number of carbonyl (C=O) groups excluding carboxylic acids is 1. The highest BCUT2D eigenvalue weighted by molar-refractivity contribution is 5.82. The average Bonchev–Trinajstić information content (AvgIpc) is 2.75. The second kappa shape index (κ2) is 8.30. The maximum Gasteiger partial charge on any atom is 0.228 e. The van der Waals surface area contributed by atoms with E-state index in [2.05, 4.69) is 6.07 Å². The summed E-state index contributed by atoms with van der Waals surface area (Å²) < 4.78 is 0. The number of rotatable bonds is 5. The van der Waals surface area contributed by atoms with Crippen LogP contribution < -0.4 is 0 Å². The van der Waals surface area contributed by atoms with Gasteiger partial charge in [-0.05, 0) is 22.3 Å². The zero-order valence-electron chi connectivity index (χ0n) is 16.0. The second-order valence-electron chi connectivity index (χ2n) is 7.27. The van der Waals surface area contributed by atoms with Crippen molar-refractivity contribution in [3.05, 3.63) is 96.1 Å². The highest BCUT2D eigenvalue weighted by atomic mass is 16.3. The molecule has 3 aromatic rings. The van der Waals surface area contributed by atoms with Gasteiger partial charge < -0.3 is 10.0 Å². The lowest BCUT2D eigenvalue weighted by Gasteiger charge is -2.52. The summed E-state index contributed by atoms with van der Waals surface area (Å²) in [6.45, 7) is -0.174. The lowest BCUT2D eigenvalue weighted by Crippen LogP contribution is -2.65. The lowest BCUT2D eigenvalue weighted by molar-refractivity contribution is -0.146. The van der Waals surface area contributed by atoms with Crippen molar-refractivity contribution in [2.75, 3.05) is 6.61 Å². The Morgan fingerprint density at radius 2 is 1.55 bits per heavy atom. The minimum atomic E-state index is -0.590. The number of aliphatic hydroxyl groups is 1. The predicted octanol–water partition coefficient (Wildman–Crippen LogP) is 3.78. The van der Waals surface area contributed by atoms with E-state index < -0.39 is 12.1 Å². The molecular formula is C25H22N2O2. The Hall–Kier alpha value is -3.42. The van der Waals surface area contributed by atoms with Gasteiger partial charge in [-0.15, -0.1) is 0 Å². The average molecular weight is 382 g/mol. The number of likely N-dealkylation sites (tertiary alicyclic amines) is 1. The van der Waals surface area contributed by atoms with Crippen molar-refractivity contribution in [2.24, 2.45) is 0 Å². The van der Waals surface area contributed by atoms with Gasteiger partial charge in [0.2, 0.25) is 5.91 Å². The Balaban J connectivity index is 1.65. The van der Waals surface area contributed by atoms with Crippen molar-refractivity contribution in [3.63, 3.8) is 0 Å². The molecule has 3 atom stereocenters. The van der Waals surface area contributed by atoms with Crippen LogP contribution in [0.1, 0.15) is 17.0 Å². The van der Waals surface area contributed by atoms with Gasteiger partial charge in [0.05, 0.1) is 25.1 Å². The van der Waals surface area contributed by atoms with Gasteiger partial charge in [-0.3, -0.25) is 4.79 Å². The standard InChI is InChI=1S/C25H22N2O2/c26-16-22-25(21-14-8-7-13-20(21)19-11-5-2-6-12-19)23(17-28)27(22)24(29)15-18-9-3-1-4-10-18/h1-14,22-23,25,28H,15,17H2/t22-,23+,25+/m1/s1. The fourth-order valence-electron chi connectivity index (χ4n) is 4.25. The van der Waals surface area contributed by atoms with Gasteiger partial charge in [-0.1, -0.05) is 84.9 Å². The fourth-order valence-corrected chi connectivity index (χ4v) is 4.25. The molecule has 0 radical (unpaired) electrons. The number of nitrogens with zero attached hydrogens (tertiary/aromatic N) is 2. The van der Waals surface area contributed by atoms with Gasteiger partial charge in [0.25, 0.3) is 0 Å². The summed E-state index contributed by atoms with van der Waals surface area (Å²) in [5, 5.41) is 19.9. The van der Waals surface area contributed by atoms with Gasteiger partial charge in [-0.2, -0.15) is 5.26 Å². The summed E-state index contributed by atoms with van der Waals surface area (Å²) in [4.78, 5) is 14.5. The number of amides is 1. The van der Waals surface area contributed by atoms with Crippen LogP contribution in [0.5, 0.6) is 0 Å². The molecule has 1 amide bonds. The third kappa shape index (κ3) is 3.53. The highest BCUT2D eigenvalue weighted by Gasteiger charge is 2.51. The third-order valence-electron chi connectivity index (χ3n) is 5.62. The van der Waals surface area contributed by atoms with E-state index in [4.69, 9.17) is 0 Å². The molecule has 0 bridgehead atoms. The summed E-state index contributed by atoms with van der Waals surface area (Å²) >= 11 is 0. The molecule has 1 aliphatic rings. The van der Waals surface area contributed by atoms with Crippen LogP contribution in [0.25, 0.3) is 11.1 Å². The van der Waals surface area contributed by atoms with Crippen molar-refractivity contribution < 1.29 is 9.90 Å². The van der Waals surface area contributed by atoms with Gasteiger partial charge in [0, 0.05) is 5.92 Å². The Morgan fingerprint density at radius 1 is 0.931 bits per heavy atom. The maximum atomic E-state index is 12.9. The third-order valence-corrected chi connectivity index (χ3v) is 5.62. The molecule has 1 heterocycles. The molecule has 0 saturated carbocycles.